The summed E-state index contributed by atoms with van der Waals surface area (Å²) in [6.45, 7) is 1.08. The number of methoxy groups -OCH3 is 1. The van der Waals surface area contributed by atoms with E-state index in [-0.39, 0.29) is 6.10 Å². The van der Waals surface area contributed by atoms with Crippen molar-refractivity contribution >= 4 is 17.0 Å². The summed E-state index contributed by atoms with van der Waals surface area (Å²) in [6, 6.07) is 7.37. The molecule has 1 aromatic rings. The second kappa shape index (κ2) is 4.61. The molecule has 0 bridgehead atoms. The van der Waals surface area contributed by atoms with Crippen LogP contribution in [-0.2, 0) is 0 Å². The molecule has 4 nitrogen and oxygen atoms in total. The summed E-state index contributed by atoms with van der Waals surface area (Å²) in [5.74, 6) is 1.49. The molecule has 1 amide bonds. The molecular formula is C11H12ClNO3. The monoisotopic (exact) mass is 241 g/mol. The first-order valence-electron chi connectivity index (χ1n) is 4.94. The predicted molar refractivity (Wildman–Crippen MR) is 60.2 cm³/mol. The Labute approximate surface area is 98.7 Å². The number of halogens is 1. The summed E-state index contributed by atoms with van der Waals surface area (Å²) < 4.78 is 10.7. The maximum absolute atomic E-state index is 10.7. The molecule has 16 heavy (non-hydrogen) atoms. The average molecular weight is 242 g/mol. The van der Waals surface area contributed by atoms with Crippen LogP contribution in [0.5, 0.6) is 11.5 Å². The minimum atomic E-state index is -0.425. The van der Waals surface area contributed by atoms with E-state index in [1.54, 1.807) is 7.11 Å². The summed E-state index contributed by atoms with van der Waals surface area (Å²) in [5.41, 5.74) is 0. The van der Waals surface area contributed by atoms with Crippen LogP contribution in [0.1, 0.15) is 0 Å². The van der Waals surface area contributed by atoms with Crippen LogP contribution >= 0.6 is 11.6 Å². The van der Waals surface area contributed by atoms with E-state index in [4.69, 9.17) is 21.1 Å². The quantitative estimate of drug-likeness (QED) is 0.601. The molecule has 0 radical (unpaired) electrons. The number of hydrogen-bond donors (Lipinski definition) is 0. The van der Waals surface area contributed by atoms with Crippen LogP contribution in [0.25, 0.3) is 0 Å². The number of carbonyl (C=O) groups is 1. The van der Waals surface area contributed by atoms with Crippen LogP contribution in [0, 0.1) is 0 Å². The summed E-state index contributed by atoms with van der Waals surface area (Å²) in [7, 11) is 1.61. The van der Waals surface area contributed by atoms with Crippen LogP contribution < -0.4 is 9.47 Å². The van der Waals surface area contributed by atoms with Crippen molar-refractivity contribution in [3.05, 3.63) is 24.3 Å². The van der Waals surface area contributed by atoms with E-state index in [1.807, 2.05) is 24.3 Å². The Kier molecular flexibility index (Phi) is 3.19. The molecule has 1 saturated heterocycles. The number of ether oxygens (including phenoxy) is 2. The molecule has 86 valence electrons. The van der Waals surface area contributed by atoms with E-state index in [9.17, 15) is 4.79 Å². The molecule has 0 unspecified atom stereocenters. The van der Waals surface area contributed by atoms with E-state index in [1.165, 1.54) is 4.90 Å². The number of hydrogen-bond acceptors (Lipinski definition) is 3. The van der Waals surface area contributed by atoms with Gasteiger partial charge in [0, 0.05) is 6.07 Å². The Morgan fingerprint density at radius 2 is 2.12 bits per heavy atom. The third kappa shape index (κ3) is 2.39. The number of carbonyl (C=O) groups excluding carboxylic acids is 1. The zero-order valence-electron chi connectivity index (χ0n) is 8.85. The van der Waals surface area contributed by atoms with Gasteiger partial charge in [-0.15, -0.1) is 0 Å². The van der Waals surface area contributed by atoms with E-state index in [0.717, 1.165) is 11.5 Å². The Balaban J connectivity index is 1.89. The Morgan fingerprint density at radius 3 is 2.75 bits per heavy atom. The second-order valence-electron chi connectivity index (χ2n) is 3.58. The van der Waals surface area contributed by atoms with Crippen molar-refractivity contribution in [1.82, 2.24) is 4.90 Å². The third-order valence-electron chi connectivity index (χ3n) is 2.44. The molecule has 1 heterocycles. The maximum Gasteiger partial charge on any atom is 0.316 e. The molecule has 1 aromatic carbocycles. The zero-order valence-corrected chi connectivity index (χ0v) is 9.61. The van der Waals surface area contributed by atoms with Gasteiger partial charge in [0.1, 0.15) is 17.6 Å². The summed E-state index contributed by atoms with van der Waals surface area (Å²) in [4.78, 5) is 12.3. The van der Waals surface area contributed by atoms with Crippen LogP contribution in [0.4, 0.5) is 4.79 Å². The lowest BCUT2D eigenvalue weighted by Gasteiger charge is -2.37. The third-order valence-corrected chi connectivity index (χ3v) is 2.68. The number of likely N-dealkylation sites (tertiary alicyclic amines) is 1. The highest BCUT2D eigenvalue weighted by Crippen LogP contribution is 2.23. The fourth-order valence-corrected chi connectivity index (χ4v) is 1.66. The minimum absolute atomic E-state index is 0.0230. The van der Waals surface area contributed by atoms with Gasteiger partial charge in [-0.2, -0.15) is 0 Å². The first-order valence-corrected chi connectivity index (χ1v) is 5.32. The lowest BCUT2D eigenvalue weighted by molar-refractivity contribution is 0.0529. The molecular weight excluding hydrogens is 230 g/mol. The second-order valence-corrected chi connectivity index (χ2v) is 3.90. The van der Waals surface area contributed by atoms with Gasteiger partial charge >= 0.3 is 5.37 Å². The van der Waals surface area contributed by atoms with Crippen molar-refractivity contribution in [2.24, 2.45) is 0 Å². The van der Waals surface area contributed by atoms with Crippen LogP contribution in [-0.4, -0.2) is 36.6 Å². The van der Waals surface area contributed by atoms with Gasteiger partial charge < -0.3 is 14.4 Å². The SMILES string of the molecule is COc1cccc(OC2CN(C(=O)Cl)C2)c1. The molecule has 1 aliphatic rings. The van der Waals surface area contributed by atoms with E-state index in [2.05, 4.69) is 0 Å². The number of amides is 1. The first kappa shape index (κ1) is 11.1. The molecule has 0 N–H and O–H groups in total. The standard InChI is InChI=1S/C11H12ClNO3/c1-15-8-3-2-4-9(5-8)16-10-6-13(7-10)11(12)14/h2-5,10H,6-7H2,1H3. The highest BCUT2D eigenvalue weighted by Gasteiger charge is 2.31. The van der Waals surface area contributed by atoms with Crippen molar-refractivity contribution in [1.29, 1.82) is 0 Å². The van der Waals surface area contributed by atoms with Gasteiger partial charge in [0.05, 0.1) is 20.2 Å². The Morgan fingerprint density at radius 1 is 1.44 bits per heavy atom. The lowest BCUT2D eigenvalue weighted by atomic mass is 10.2. The molecule has 0 spiro atoms. The molecule has 0 aliphatic carbocycles. The summed E-state index contributed by atoms with van der Waals surface area (Å²) >= 11 is 5.31. The molecule has 0 atom stereocenters. The van der Waals surface area contributed by atoms with Crippen molar-refractivity contribution in [3.8, 4) is 11.5 Å². The minimum Gasteiger partial charge on any atom is -0.497 e. The van der Waals surface area contributed by atoms with Crippen LogP contribution in [0.3, 0.4) is 0 Å². The highest BCUT2D eigenvalue weighted by atomic mass is 35.5. The number of nitrogens with zero attached hydrogens (tertiary/aromatic N) is 1. The average Bonchev–Trinajstić information content (AvgIpc) is 2.22. The Bertz CT molecular complexity index is 391. The van der Waals surface area contributed by atoms with E-state index < -0.39 is 5.37 Å². The summed E-state index contributed by atoms with van der Waals surface area (Å²) in [5, 5.41) is -0.425. The van der Waals surface area contributed by atoms with Gasteiger partial charge in [0.2, 0.25) is 0 Å². The van der Waals surface area contributed by atoms with E-state index in [0.29, 0.717) is 13.1 Å². The lowest BCUT2D eigenvalue weighted by Crippen LogP contribution is -2.54. The predicted octanol–water partition coefficient (Wildman–Crippen LogP) is 2.12. The van der Waals surface area contributed by atoms with Gasteiger partial charge in [0.15, 0.2) is 0 Å². The van der Waals surface area contributed by atoms with Crippen molar-refractivity contribution < 1.29 is 14.3 Å². The largest absolute Gasteiger partial charge is 0.497 e. The molecule has 5 heteroatoms. The number of rotatable bonds is 3. The molecule has 0 aromatic heterocycles. The number of benzene rings is 1. The van der Waals surface area contributed by atoms with Gasteiger partial charge in [0.25, 0.3) is 0 Å². The first-order chi connectivity index (χ1) is 7.69. The molecule has 2 rings (SSSR count). The van der Waals surface area contributed by atoms with Gasteiger partial charge in [-0.1, -0.05) is 6.07 Å². The zero-order chi connectivity index (χ0) is 11.5. The highest BCUT2D eigenvalue weighted by molar-refractivity contribution is 6.62. The van der Waals surface area contributed by atoms with Gasteiger partial charge in [-0.05, 0) is 23.7 Å². The Hall–Kier alpha value is -1.42. The maximum atomic E-state index is 10.7. The van der Waals surface area contributed by atoms with Crippen molar-refractivity contribution in [3.63, 3.8) is 0 Å². The topological polar surface area (TPSA) is 38.8 Å². The van der Waals surface area contributed by atoms with Gasteiger partial charge in [-0.25, -0.2) is 0 Å². The fraction of sp³-hybridized carbons (Fsp3) is 0.364. The van der Waals surface area contributed by atoms with Crippen LogP contribution in [0.2, 0.25) is 0 Å². The summed E-state index contributed by atoms with van der Waals surface area (Å²) in [6.07, 6.45) is 0.0230. The molecule has 0 saturated carbocycles. The fourth-order valence-electron chi connectivity index (χ4n) is 1.52. The van der Waals surface area contributed by atoms with Crippen molar-refractivity contribution in [2.75, 3.05) is 20.2 Å². The van der Waals surface area contributed by atoms with Gasteiger partial charge in [-0.3, -0.25) is 4.79 Å². The molecule has 1 aliphatic heterocycles. The van der Waals surface area contributed by atoms with Crippen LogP contribution in [0.15, 0.2) is 24.3 Å². The molecule has 1 fully saturated rings. The van der Waals surface area contributed by atoms with E-state index >= 15 is 0 Å². The smallest absolute Gasteiger partial charge is 0.316 e. The normalized spacial score (nSPS) is 15.5. The van der Waals surface area contributed by atoms with Crippen molar-refractivity contribution in [2.45, 2.75) is 6.10 Å².